The number of carbonyl (C=O) groups is 1. The van der Waals surface area contributed by atoms with Crippen molar-refractivity contribution in [1.82, 2.24) is 0 Å². The summed E-state index contributed by atoms with van der Waals surface area (Å²) in [4.78, 5) is 11.8. The largest absolute Gasteiger partial charge is 0.469 e. The predicted molar refractivity (Wildman–Crippen MR) is 56.0 cm³/mol. The molecule has 0 aromatic carbocycles. The quantitative estimate of drug-likeness (QED) is 0.640. The van der Waals surface area contributed by atoms with Crippen molar-refractivity contribution >= 4 is 5.97 Å². The summed E-state index contributed by atoms with van der Waals surface area (Å²) in [5, 5.41) is 0. The molecule has 0 saturated heterocycles. The van der Waals surface area contributed by atoms with Crippen LogP contribution in [0.5, 0.6) is 0 Å². The zero-order valence-electron chi connectivity index (χ0n) is 10.1. The Morgan fingerprint density at radius 3 is 1.79 bits per heavy atom. The molecule has 0 spiro atoms. The van der Waals surface area contributed by atoms with Crippen molar-refractivity contribution in [3.8, 4) is 0 Å². The zero-order valence-corrected chi connectivity index (χ0v) is 10.1. The lowest BCUT2D eigenvalue weighted by molar-refractivity contribution is -0.164. The Kier molecular flexibility index (Phi) is 5.13. The second-order valence-corrected chi connectivity index (χ2v) is 4.27. The Morgan fingerprint density at radius 2 is 1.57 bits per heavy atom. The van der Waals surface area contributed by atoms with Gasteiger partial charge < -0.3 is 9.47 Å². The number of carbonyl (C=O) groups excluding carboxylic acids is 1. The summed E-state index contributed by atoms with van der Waals surface area (Å²) >= 11 is 0. The number of ether oxygens (including phenoxy) is 2. The molecule has 0 aromatic rings. The zero-order chi connectivity index (χ0) is 11.4. The third-order valence-electron chi connectivity index (χ3n) is 3.01. The summed E-state index contributed by atoms with van der Waals surface area (Å²) in [6, 6.07) is 0. The van der Waals surface area contributed by atoms with E-state index >= 15 is 0 Å². The first-order valence-corrected chi connectivity index (χ1v) is 5.00. The van der Waals surface area contributed by atoms with E-state index < -0.39 is 5.41 Å². The number of hydrogen-bond donors (Lipinski definition) is 0. The first-order valence-electron chi connectivity index (χ1n) is 5.00. The molecular weight excluding hydrogens is 180 g/mol. The van der Waals surface area contributed by atoms with E-state index in [1.165, 1.54) is 7.11 Å². The van der Waals surface area contributed by atoms with Gasteiger partial charge in [-0.3, -0.25) is 4.79 Å². The molecule has 14 heavy (non-hydrogen) atoms. The lowest BCUT2D eigenvalue weighted by Crippen LogP contribution is -2.45. The number of rotatable bonds is 5. The van der Waals surface area contributed by atoms with E-state index in [2.05, 4.69) is 0 Å². The third-order valence-corrected chi connectivity index (χ3v) is 3.01. The van der Waals surface area contributed by atoms with Crippen molar-refractivity contribution in [1.29, 1.82) is 0 Å². The van der Waals surface area contributed by atoms with Gasteiger partial charge >= 0.3 is 5.97 Å². The standard InChI is InChI=1S/C11H22O3/c1-8(2)11(7-13-5,9(3)4)10(12)14-6/h8-9H,7H2,1-6H3. The van der Waals surface area contributed by atoms with Gasteiger partial charge in [0.1, 0.15) is 0 Å². The molecule has 0 saturated carbocycles. The molecule has 0 rings (SSSR count). The van der Waals surface area contributed by atoms with E-state index in [0.29, 0.717) is 6.61 Å². The van der Waals surface area contributed by atoms with Gasteiger partial charge in [0.05, 0.1) is 19.1 Å². The van der Waals surface area contributed by atoms with E-state index in [1.807, 2.05) is 27.7 Å². The van der Waals surface area contributed by atoms with E-state index in [-0.39, 0.29) is 17.8 Å². The fourth-order valence-corrected chi connectivity index (χ4v) is 1.96. The van der Waals surface area contributed by atoms with Gasteiger partial charge in [0.25, 0.3) is 0 Å². The van der Waals surface area contributed by atoms with Gasteiger partial charge in [-0.25, -0.2) is 0 Å². The topological polar surface area (TPSA) is 35.5 Å². The maximum atomic E-state index is 11.8. The highest BCUT2D eigenvalue weighted by Crippen LogP contribution is 2.37. The maximum Gasteiger partial charge on any atom is 0.314 e. The van der Waals surface area contributed by atoms with E-state index in [1.54, 1.807) is 7.11 Å². The molecule has 0 aliphatic rings. The Bertz CT molecular complexity index is 177. The lowest BCUT2D eigenvalue weighted by Gasteiger charge is -2.37. The van der Waals surface area contributed by atoms with Gasteiger partial charge in [-0.2, -0.15) is 0 Å². The first-order chi connectivity index (χ1) is 6.43. The second-order valence-electron chi connectivity index (χ2n) is 4.27. The van der Waals surface area contributed by atoms with Gasteiger partial charge in [0.15, 0.2) is 0 Å². The molecule has 0 radical (unpaired) electrons. The van der Waals surface area contributed by atoms with Crippen LogP contribution < -0.4 is 0 Å². The van der Waals surface area contributed by atoms with Crippen LogP contribution in [-0.2, 0) is 14.3 Å². The molecule has 0 fully saturated rings. The maximum absolute atomic E-state index is 11.8. The fourth-order valence-electron chi connectivity index (χ4n) is 1.96. The Morgan fingerprint density at radius 1 is 1.14 bits per heavy atom. The summed E-state index contributed by atoms with van der Waals surface area (Å²) in [5.41, 5.74) is -0.524. The molecular formula is C11H22O3. The average molecular weight is 202 g/mol. The summed E-state index contributed by atoms with van der Waals surface area (Å²) in [5.74, 6) is 0.231. The summed E-state index contributed by atoms with van der Waals surface area (Å²) in [6.07, 6.45) is 0. The number of esters is 1. The Balaban J connectivity index is 5.04. The van der Waals surface area contributed by atoms with Crippen LogP contribution in [0.4, 0.5) is 0 Å². The van der Waals surface area contributed by atoms with Gasteiger partial charge in [-0.1, -0.05) is 27.7 Å². The smallest absolute Gasteiger partial charge is 0.314 e. The lowest BCUT2D eigenvalue weighted by atomic mass is 9.69. The third kappa shape index (κ3) is 2.27. The van der Waals surface area contributed by atoms with Crippen LogP contribution in [-0.4, -0.2) is 26.8 Å². The first kappa shape index (κ1) is 13.4. The molecule has 3 heteroatoms. The van der Waals surface area contributed by atoms with Crippen LogP contribution in [0.15, 0.2) is 0 Å². The van der Waals surface area contributed by atoms with Crippen molar-refractivity contribution < 1.29 is 14.3 Å². The highest BCUT2D eigenvalue weighted by molar-refractivity contribution is 5.77. The number of hydrogen-bond acceptors (Lipinski definition) is 3. The van der Waals surface area contributed by atoms with Crippen molar-refractivity contribution in [2.75, 3.05) is 20.8 Å². The highest BCUT2D eigenvalue weighted by Gasteiger charge is 2.45. The normalized spacial score (nSPS) is 12.3. The average Bonchev–Trinajstić information content (AvgIpc) is 2.11. The summed E-state index contributed by atoms with van der Waals surface area (Å²) in [6.45, 7) is 8.51. The van der Waals surface area contributed by atoms with Crippen LogP contribution in [0.1, 0.15) is 27.7 Å². The molecule has 0 bridgehead atoms. The van der Waals surface area contributed by atoms with Crippen molar-refractivity contribution in [3.05, 3.63) is 0 Å². The minimum absolute atomic E-state index is 0.177. The van der Waals surface area contributed by atoms with Crippen molar-refractivity contribution in [2.24, 2.45) is 17.3 Å². The van der Waals surface area contributed by atoms with Crippen molar-refractivity contribution in [3.63, 3.8) is 0 Å². The molecule has 0 aliphatic heterocycles. The predicted octanol–water partition coefficient (Wildman–Crippen LogP) is 2.10. The van der Waals surface area contributed by atoms with Gasteiger partial charge in [0.2, 0.25) is 0 Å². The Hall–Kier alpha value is -0.570. The van der Waals surface area contributed by atoms with Crippen LogP contribution in [0.3, 0.4) is 0 Å². The van der Waals surface area contributed by atoms with Crippen LogP contribution in [0.25, 0.3) is 0 Å². The summed E-state index contributed by atoms with van der Waals surface area (Å²) in [7, 11) is 3.04. The van der Waals surface area contributed by atoms with Gasteiger partial charge in [-0.15, -0.1) is 0 Å². The van der Waals surface area contributed by atoms with E-state index in [4.69, 9.17) is 9.47 Å². The second kappa shape index (κ2) is 5.35. The van der Waals surface area contributed by atoms with Gasteiger partial charge in [0, 0.05) is 7.11 Å². The number of methoxy groups -OCH3 is 2. The van der Waals surface area contributed by atoms with E-state index in [0.717, 1.165) is 0 Å². The molecule has 84 valence electrons. The minimum atomic E-state index is -0.524. The highest BCUT2D eigenvalue weighted by atomic mass is 16.5. The molecule has 3 nitrogen and oxygen atoms in total. The SMILES string of the molecule is COCC(C(=O)OC)(C(C)C)C(C)C. The van der Waals surface area contributed by atoms with Crippen LogP contribution >= 0.6 is 0 Å². The summed E-state index contributed by atoms with van der Waals surface area (Å²) < 4.78 is 10.0. The molecule has 0 unspecified atom stereocenters. The van der Waals surface area contributed by atoms with Crippen LogP contribution in [0.2, 0.25) is 0 Å². The molecule has 0 atom stereocenters. The van der Waals surface area contributed by atoms with Gasteiger partial charge in [-0.05, 0) is 11.8 Å². The molecule has 0 aromatic heterocycles. The molecule has 0 N–H and O–H groups in total. The van der Waals surface area contributed by atoms with Crippen LogP contribution in [0, 0.1) is 17.3 Å². The minimum Gasteiger partial charge on any atom is -0.469 e. The molecule has 0 amide bonds. The Labute approximate surface area is 86.8 Å². The fraction of sp³-hybridized carbons (Fsp3) is 0.909. The molecule has 0 aliphatic carbocycles. The monoisotopic (exact) mass is 202 g/mol. The molecule has 0 heterocycles. The van der Waals surface area contributed by atoms with Crippen molar-refractivity contribution in [2.45, 2.75) is 27.7 Å². The van der Waals surface area contributed by atoms with E-state index in [9.17, 15) is 4.79 Å².